The van der Waals surface area contributed by atoms with Crippen molar-refractivity contribution in [3.63, 3.8) is 0 Å². The molecule has 2 heterocycles. The monoisotopic (exact) mass is 621 g/mol. The molecule has 0 aliphatic carbocycles. The molecule has 0 radical (unpaired) electrons. The van der Waals surface area contributed by atoms with E-state index in [9.17, 15) is 19.8 Å². The number of phenols is 1. The Bertz CT molecular complexity index is 1850. The molecule has 1 saturated heterocycles. The molecule has 1 aliphatic heterocycles. The van der Waals surface area contributed by atoms with Crippen LogP contribution in [-0.4, -0.2) is 32.1 Å². The molecule has 0 spiro atoms. The van der Waals surface area contributed by atoms with Crippen molar-refractivity contribution in [2.75, 3.05) is 4.90 Å². The van der Waals surface area contributed by atoms with Gasteiger partial charge in [0.2, 0.25) is 5.13 Å². The molecule has 220 valence electrons. The zero-order chi connectivity index (χ0) is 30.6. The van der Waals surface area contributed by atoms with E-state index < -0.39 is 17.7 Å². The lowest BCUT2D eigenvalue weighted by atomic mass is 9.95. The zero-order valence-corrected chi connectivity index (χ0v) is 25.2. The van der Waals surface area contributed by atoms with E-state index in [4.69, 9.17) is 4.74 Å². The van der Waals surface area contributed by atoms with Gasteiger partial charge in [-0.2, -0.15) is 0 Å². The predicted molar refractivity (Wildman–Crippen MR) is 171 cm³/mol. The molecule has 0 bridgehead atoms. The van der Waals surface area contributed by atoms with Gasteiger partial charge >= 0.3 is 5.91 Å². The number of carbonyl (C=O) groups excluding carboxylic acids is 2. The molecule has 2 N–H and O–H groups in total. The molecule has 44 heavy (non-hydrogen) atoms. The van der Waals surface area contributed by atoms with Crippen molar-refractivity contribution in [2.24, 2.45) is 0 Å². The molecule has 1 amide bonds. The van der Waals surface area contributed by atoms with Gasteiger partial charge in [0.25, 0.3) is 5.78 Å². The second-order valence-corrected chi connectivity index (χ2v) is 12.4. The number of Topliss-reactive ketones (excluding diaryl/α,β-unsaturated/α-hetero) is 1. The third kappa shape index (κ3) is 6.22. The van der Waals surface area contributed by atoms with Gasteiger partial charge < -0.3 is 14.9 Å². The van der Waals surface area contributed by atoms with Crippen LogP contribution in [0.25, 0.3) is 5.76 Å². The number of ketones is 1. The van der Waals surface area contributed by atoms with E-state index in [-0.39, 0.29) is 22.2 Å². The summed E-state index contributed by atoms with van der Waals surface area (Å²) in [6.07, 6.45) is 0. The highest BCUT2D eigenvalue weighted by molar-refractivity contribution is 8.00. The minimum Gasteiger partial charge on any atom is -0.508 e. The van der Waals surface area contributed by atoms with Gasteiger partial charge in [-0.05, 0) is 60.0 Å². The number of aliphatic hydroxyl groups excluding tert-OH is 1. The maximum absolute atomic E-state index is 13.5. The van der Waals surface area contributed by atoms with Crippen LogP contribution in [0, 0.1) is 6.92 Å². The number of carbonyl (C=O) groups is 2. The number of ether oxygens (including phenoxy) is 1. The molecular formula is C34H27N3O5S2. The zero-order valence-electron chi connectivity index (χ0n) is 23.6. The normalized spacial score (nSPS) is 15.9. The minimum absolute atomic E-state index is 0.0421. The Kier molecular flexibility index (Phi) is 8.44. The van der Waals surface area contributed by atoms with Crippen molar-refractivity contribution in [2.45, 2.75) is 29.7 Å². The maximum Gasteiger partial charge on any atom is 0.301 e. The summed E-state index contributed by atoms with van der Waals surface area (Å²) in [5.74, 6) is -0.831. The number of anilines is 1. The molecule has 5 aromatic rings. The van der Waals surface area contributed by atoms with Gasteiger partial charge in [0.05, 0.1) is 11.6 Å². The maximum atomic E-state index is 13.5. The van der Waals surface area contributed by atoms with Crippen molar-refractivity contribution in [1.82, 2.24) is 10.2 Å². The van der Waals surface area contributed by atoms with Crippen molar-refractivity contribution in [3.05, 3.63) is 137 Å². The summed E-state index contributed by atoms with van der Waals surface area (Å²) in [4.78, 5) is 28.2. The first kappa shape index (κ1) is 29.2. The Morgan fingerprint density at radius 3 is 2.41 bits per heavy atom. The van der Waals surface area contributed by atoms with Crippen molar-refractivity contribution in [3.8, 4) is 11.5 Å². The number of aliphatic hydroxyl groups is 1. The number of thioether (sulfide) groups is 1. The summed E-state index contributed by atoms with van der Waals surface area (Å²) in [7, 11) is 0. The number of hydrogen-bond acceptors (Lipinski definition) is 9. The minimum atomic E-state index is -1.03. The molecular weight excluding hydrogens is 595 g/mol. The van der Waals surface area contributed by atoms with E-state index in [2.05, 4.69) is 10.2 Å². The van der Waals surface area contributed by atoms with E-state index >= 15 is 0 Å². The average molecular weight is 622 g/mol. The lowest BCUT2D eigenvalue weighted by Gasteiger charge is -2.22. The summed E-state index contributed by atoms with van der Waals surface area (Å²) in [6, 6.07) is 29.8. The van der Waals surface area contributed by atoms with Crippen molar-refractivity contribution < 1.29 is 24.5 Å². The molecule has 1 unspecified atom stereocenters. The topological polar surface area (TPSA) is 113 Å². The molecule has 1 atom stereocenters. The van der Waals surface area contributed by atoms with Gasteiger partial charge in [0.1, 0.15) is 23.9 Å². The van der Waals surface area contributed by atoms with Gasteiger partial charge in [-0.25, -0.2) is 0 Å². The number of hydrogen-bond donors (Lipinski definition) is 2. The number of rotatable bonds is 9. The van der Waals surface area contributed by atoms with Crippen LogP contribution in [0.5, 0.6) is 11.5 Å². The molecule has 4 aromatic carbocycles. The van der Waals surface area contributed by atoms with E-state index in [1.807, 2.05) is 61.5 Å². The van der Waals surface area contributed by atoms with Crippen molar-refractivity contribution in [1.29, 1.82) is 0 Å². The number of phenolic OH excluding ortho intramolecular Hbond substituents is 1. The SMILES string of the molecule is Cc1cccc(COc2ccc(C(O)=C3C(=O)C(=O)N(c4nnc(SCc5ccccc5)s4)C3c3cccc(O)c3)cc2)c1. The van der Waals surface area contributed by atoms with Crippen LogP contribution in [-0.2, 0) is 21.9 Å². The Hall–Kier alpha value is -4.93. The summed E-state index contributed by atoms with van der Waals surface area (Å²) < 4.78 is 6.53. The Morgan fingerprint density at radius 1 is 0.909 bits per heavy atom. The van der Waals surface area contributed by atoms with Gasteiger partial charge in [0.15, 0.2) is 4.34 Å². The van der Waals surface area contributed by atoms with E-state index in [0.717, 1.165) is 16.7 Å². The van der Waals surface area contributed by atoms with Crippen LogP contribution in [0.1, 0.15) is 33.9 Å². The van der Waals surface area contributed by atoms with Gasteiger partial charge in [0, 0.05) is 11.3 Å². The van der Waals surface area contributed by atoms with Crippen LogP contribution in [0.3, 0.4) is 0 Å². The standard InChI is InChI=1S/C34H27N3O5S2/c1-21-7-5-10-23(17-21)19-42-27-15-13-24(14-16-27)30(39)28-29(25-11-6-12-26(38)18-25)37(32(41)31(28)40)33-35-36-34(44-33)43-20-22-8-3-2-4-9-22/h2-18,29,38-39H,19-20H2,1H3. The molecule has 0 saturated carbocycles. The van der Waals surface area contributed by atoms with Crippen molar-refractivity contribution >= 4 is 45.7 Å². The summed E-state index contributed by atoms with van der Waals surface area (Å²) in [5.41, 5.74) is 3.95. The first-order chi connectivity index (χ1) is 21.4. The third-order valence-electron chi connectivity index (χ3n) is 7.05. The van der Waals surface area contributed by atoms with Crippen LogP contribution < -0.4 is 9.64 Å². The fraction of sp³-hybridized carbons (Fsp3) is 0.118. The van der Waals surface area contributed by atoms with Gasteiger partial charge in [-0.15, -0.1) is 10.2 Å². The first-order valence-electron chi connectivity index (χ1n) is 13.8. The predicted octanol–water partition coefficient (Wildman–Crippen LogP) is 7.05. The largest absolute Gasteiger partial charge is 0.508 e. The summed E-state index contributed by atoms with van der Waals surface area (Å²) in [5, 5.41) is 30.4. The molecule has 1 aliphatic rings. The number of aromatic hydroxyl groups is 1. The number of nitrogens with zero attached hydrogens (tertiary/aromatic N) is 3. The first-order valence-corrected chi connectivity index (χ1v) is 15.6. The Morgan fingerprint density at radius 2 is 1.66 bits per heavy atom. The fourth-order valence-electron chi connectivity index (χ4n) is 4.95. The number of aryl methyl sites for hydroxylation is 1. The van der Waals surface area contributed by atoms with Gasteiger partial charge in [-0.3, -0.25) is 14.5 Å². The second-order valence-electron chi connectivity index (χ2n) is 10.2. The van der Waals surface area contributed by atoms with Crippen LogP contribution in [0.15, 0.2) is 113 Å². The lowest BCUT2D eigenvalue weighted by Crippen LogP contribution is -2.29. The highest BCUT2D eigenvalue weighted by Gasteiger charge is 2.48. The fourth-order valence-corrected chi connectivity index (χ4v) is 6.77. The molecule has 10 heteroatoms. The molecule has 8 nitrogen and oxygen atoms in total. The second kappa shape index (κ2) is 12.7. The molecule has 6 rings (SSSR count). The number of aromatic nitrogens is 2. The lowest BCUT2D eigenvalue weighted by molar-refractivity contribution is -0.132. The highest BCUT2D eigenvalue weighted by Crippen LogP contribution is 2.44. The van der Waals surface area contributed by atoms with E-state index in [1.165, 1.54) is 40.1 Å². The van der Waals surface area contributed by atoms with Crippen LogP contribution >= 0.6 is 23.1 Å². The third-order valence-corrected chi connectivity index (χ3v) is 9.18. The van der Waals surface area contributed by atoms with Gasteiger partial charge in [-0.1, -0.05) is 95.4 Å². The summed E-state index contributed by atoms with van der Waals surface area (Å²) >= 11 is 2.66. The Balaban J connectivity index is 1.30. The van der Waals surface area contributed by atoms with Crippen LogP contribution in [0.2, 0.25) is 0 Å². The number of amides is 1. The smallest absolute Gasteiger partial charge is 0.301 e. The van der Waals surface area contributed by atoms with E-state index in [1.54, 1.807) is 36.4 Å². The van der Waals surface area contributed by atoms with Crippen LogP contribution in [0.4, 0.5) is 5.13 Å². The average Bonchev–Trinajstić information content (AvgIpc) is 3.61. The van der Waals surface area contributed by atoms with E-state index in [0.29, 0.717) is 33.6 Å². The number of benzene rings is 4. The molecule has 1 fully saturated rings. The molecule has 1 aromatic heterocycles. The quantitative estimate of drug-likeness (QED) is 0.0592. The highest BCUT2D eigenvalue weighted by atomic mass is 32.2. The summed E-state index contributed by atoms with van der Waals surface area (Å²) in [6.45, 7) is 2.40. The Labute approximate surface area is 262 Å².